The van der Waals surface area contributed by atoms with Gasteiger partial charge in [0.1, 0.15) is 12.7 Å². The SMILES string of the molecule is N#Cc1ccc(COc2cc(NC3CCNCC3)ccc2F)nc1. The molecule has 1 aliphatic heterocycles. The van der Waals surface area contributed by atoms with Crippen LogP contribution in [0, 0.1) is 17.1 Å². The zero-order chi connectivity index (χ0) is 16.8. The van der Waals surface area contributed by atoms with Crippen LogP contribution in [0.25, 0.3) is 0 Å². The highest BCUT2D eigenvalue weighted by molar-refractivity contribution is 5.49. The molecule has 0 atom stereocenters. The molecular weight excluding hydrogens is 307 g/mol. The molecule has 1 aliphatic rings. The molecule has 24 heavy (non-hydrogen) atoms. The van der Waals surface area contributed by atoms with Crippen molar-refractivity contribution in [2.24, 2.45) is 0 Å². The third-order valence-corrected chi connectivity index (χ3v) is 3.97. The van der Waals surface area contributed by atoms with Gasteiger partial charge in [0.25, 0.3) is 0 Å². The second kappa shape index (κ2) is 7.75. The molecule has 0 amide bonds. The molecule has 2 aromatic rings. The van der Waals surface area contributed by atoms with Gasteiger partial charge < -0.3 is 15.4 Å². The van der Waals surface area contributed by atoms with Crippen LogP contribution in [0.3, 0.4) is 0 Å². The lowest BCUT2D eigenvalue weighted by Crippen LogP contribution is -2.35. The van der Waals surface area contributed by atoms with E-state index in [4.69, 9.17) is 10.00 Å². The fourth-order valence-corrected chi connectivity index (χ4v) is 2.63. The summed E-state index contributed by atoms with van der Waals surface area (Å²) >= 11 is 0. The van der Waals surface area contributed by atoms with E-state index >= 15 is 0 Å². The van der Waals surface area contributed by atoms with Gasteiger partial charge in [-0.1, -0.05) is 0 Å². The van der Waals surface area contributed by atoms with Gasteiger partial charge in [0.15, 0.2) is 11.6 Å². The number of piperidine rings is 1. The van der Waals surface area contributed by atoms with Gasteiger partial charge >= 0.3 is 0 Å². The fraction of sp³-hybridized carbons (Fsp3) is 0.333. The van der Waals surface area contributed by atoms with Gasteiger partial charge in [-0.25, -0.2) is 4.39 Å². The van der Waals surface area contributed by atoms with E-state index in [-0.39, 0.29) is 12.4 Å². The highest BCUT2D eigenvalue weighted by Crippen LogP contribution is 2.24. The molecule has 0 saturated carbocycles. The van der Waals surface area contributed by atoms with Crippen molar-refractivity contribution in [1.82, 2.24) is 10.3 Å². The molecule has 1 aromatic heterocycles. The number of nitrogens with one attached hydrogen (secondary N) is 2. The van der Waals surface area contributed by atoms with E-state index in [2.05, 4.69) is 15.6 Å². The summed E-state index contributed by atoms with van der Waals surface area (Å²) < 4.78 is 19.5. The Balaban J connectivity index is 1.63. The van der Waals surface area contributed by atoms with Crippen LogP contribution >= 0.6 is 0 Å². The third kappa shape index (κ3) is 4.21. The number of ether oxygens (including phenoxy) is 1. The number of rotatable bonds is 5. The predicted molar refractivity (Wildman–Crippen MR) is 89.2 cm³/mol. The van der Waals surface area contributed by atoms with Crippen LogP contribution in [0.15, 0.2) is 36.5 Å². The minimum atomic E-state index is -0.403. The van der Waals surface area contributed by atoms with Crippen LogP contribution in [-0.4, -0.2) is 24.1 Å². The van der Waals surface area contributed by atoms with Crippen LogP contribution in [0.4, 0.5) is 10.1 Å². The largest absolute Gasteiger partial charge is 0.484 e. The summed E-state index contributed by atoms with van der Waals surface area (Å²) in [5, 5.41) is 15.5. The first-order valence-electron chi connectivity index (χ1n) is 7.99. The van der Waals surface area contributed by atoms with Gasteiger partial charge in [0, 0.05) is 24.0 Å². The molecule has 5 nitrogen and oxygen atoms in total. The smallest absolute Gasteiger partial charge is 0.165 e. The first-order chi connectivity index (χ1) is 11.7. The molecule has 1 saturated heterocycles. The quantitative estimate of drug-likeness (QED) is 0.884. The monoisotopic (exact) mass is 326 g/mol. The lowest BCUT2D eigenvalue weighted by Gasteiger charge is -2.25. The Kier molecular flexibility index (Phi) is 5.24. The molecule has 3 rings (SSSR count). The first-order valence-corrected chi connectivity index (χ1v) is 7.99. The van der Waals surface area contributed by atoms with E-state index in [1.54, 1.807) is 24.3 Å². The average Bonchev–Trinajstić information content (AvgIpc) is 2.63. The Labute approximate surface area is 140 Å². The van der Waals surface area contributed by atoms with Crippen molar-refractivity contribution in [3.8, 4) is 11.8 Å². The van der Waals surface area contributed by atoms with Crippen LogP contribution in [0.1, 0.15) is 24.1 Å². The number of pyridine rings is 1. The van der Waals surface area contributed by atoms with Crippen molar-refractivity contribution in [2.75, 3.05) is 18.4 Å². The third-order valence-electron chi connectivity index (χ3n) is 3.97. The number of benzene rings is 1. The van der Waals surface area contributed by atoms with E-state index in [1.807, 2.05) is 6.07 Å². The average molecular weight is 326 g/mol. The normalized spacial score (nSPS) is 14.8. The molecule has 124 valence electrons. The summed E-state index contributed by atoms with van der Waals surface area (Å²) in [6.07, 6.45) is 3.57. The van der Waals surface area contributed by atoms with Crippen molar-refractivity contribution in [3.63, 3.8) is 0 Å². The minimum Gasteiger partial charge on any atom is -0.484 e. The van der Waals surface area contributed by atoms with E-state index in [9.17, 15) is 4.39 Å². The maximum atomic E-state index is 13.9. The Hall–Kier alpha value is -2.65. The lowest BCUT2D eigenvalue weighted by molar-refractivity contribution is 0.286. The second-order valence-corrected chi connectivity index (χ2v) is 5.75. The number of anilines is 1. The maximum Gasteiger partial charge on any atom is 0.165 e. The van der Waals surface area contributed by atoms with Crippen LogP contribution in [-0.2, 0) is 6.61 Å². The molecule has 0 bridgehead atoms. The molecule has 1 aromatic carbocycles. The molecule has 0 unspecified atom stereocenters. The molecule has 6 heteroatoms. The number of hydrogen-bond acceptors (Lipinski definition) is 5. The minimum absolute atomic E-state index is 0.152. The summed E-state index contributed by atoms with van der Waals surface area (Å²) in [4.78, 5) is 4.12. The van der Waals surface area contributed by atoms with Crippen molar-refractivity contribution < 1.29 is 9.13 Å². The number of nitriles is 1. The van der Waals surface area contributed by atoms with Crippen molar-refractivity contribution >= 4 is 5.69 Å². The molecule has 0 radical (unpaired) electrons. The number of hydrogen-bond donors (Lipinski definition) is 2. The van der Waals surface area contributed by atoms with E-state index in [0.29, 0.717) is 17.3 Å². The summed E-state index contributed by atoms with van der Waals surface area (Å²) in [6, 6.07) is 10.6. The van der Waals surface area contributed by atoms with Gasteiger partial charge in [0.2, 0.25) is 0 Å². The van der Waals surface area contributed by atoms with Crippen molar-refractivity contribution in [3.05, 3.63) is 53.6 Å². The fourth-order valence-electron chi connectivity index (χ4n) is 2.63. The van der Waals surface area contributed by atoms with Gasteiger partial charge in [0.05, 0.1) is 11.3 Å². The maximum absolute atomic E-state index is 13.9. The molecule has 2 N–H and O–H groups in total. The zero-order valence-electron chi connectivity index (χ0n) is 13.3. The Morgan fingerprint density at radius 1 is 1.29 bits per heavy atom. The summed E-state index contributed by atoms with van der Waals surface area (Å²) in [7, 11) is 0. The molecule has 2 heterocycles. The Morgan fingerprint density at radius 2 is 2.12 bits per heavy atom. The number of aromatic nitrogens is 1. The topological polar surface area (TPSA) is 70.0 Å². The highest BCUT2D eigenvalue weighted by Gasteiger charge is 2.13. The summed E-state index contributed by atoms with van der Waals surface area (Å²) in [6.45, 7) is 2.14. The summed E-state index contributed by atoms with van der Waals surface area (Å²) in [5.41, 5.74) is 1.98. The van der Waals surface area contributed by atoms with Crippen LogP contribution < -0.4 is 15.4 Å². The molecule has 0 aliphatic carbocycles. The summed E-state index contributed by atoms with van der Waals surface area (Å²) in [5.74, 6) is -0.209. The van der Waals surface area contributed by atoms with Crippen LogP contribution in [0.2, 0.25) is 0 Å². The Morgan fingerprint density at radius 3 is 2.83 bits per heavy atom. The lowest BCUT2D eigenvalue weighted by atomic mass is 10.1. The second-order valence-electron chi connectivity index (χ2n) is 5.75. The van der Waals surface area contributed by atoms with E-state index < -0.39 is 5.82 Å². The number of nitrogens with zero attached hydrogens (tertiary/aromatic N) is 2. The van der Waals surface area contributed by atoms with E-state index in [0.717, 1.165) is 31.6 Å². The zero-order valence-corrected chi connectivity index (χ0v) is 13.3. The van der Waals surface area contributed by atoms with Crippen LogP contribution in [0.5, 0.6) is 5.75 Å². The van der Waals surface area contributed by atoms with Crippen molar-refractivity contribution in [1.29, 1.82) is 5.26 Å². The molecule has 0 spiro atoms. The van der Waals surface area contributed by atoms with Gasteiger partial charge in [-0.15, -0.1) is 0 Å². The number of halogens is 1. The molecular formula is C18H19FN4O. The van der Waals surface area contributed by atoms with Gasteiger partial charge in [-0.05, 0) is 50.2 Å². The standard InChI is InChI=1S/C18H19FN4O/c19-17-4-3-15(23-14-5-7-21-8-6-14)9-18(17)24-12-16-2-1-13(10-20)11-22-16/h1-4,9,11,14,21,23H,5-8,12H2. The van der Waals surface area contributed by atoms with Gasteiger partial charge in [-0.2, -0.15) is 5.26 Å². The predicted octanol–water partition coefficient (Wildman–Crippen LogP) is 2.84. The molecule has 1 fully saturated rings. The van der Waals surface area contributed by atoms with Crippen molar-refractivity contribution in [2.45, 2.75) is 25.5 Å². The Bertz CT molecular complexity index is 721. The van der Waals surface area contributed by atoms with E-state index in [1.165, 1.54) is 12.3 Å². The highest BCUT2D eigenvalue weighted by atomic mass is 19.1. The first kappa shape index (κ1) is 16.2. The van der Waals surface area contributed by atoms with Gasteiger partial charge in [-0.3, -0.25) is 4.98 Å².